The first-order valence-electron chi connectivity index (χ1n) is 7.29. The number of amides is 1. The molecule has 0 fully saturated rings. The first-order valence-corrected chi connectivity index (χ1v) is 8.68. The van der Waals surface area contributed by atoms with Crippen molar-refractivity contribution in [3.05, 3.63) is 23.8 Å². The molecule has 0 saturated carbocycles. The summed E-state index contributed by atoms with van der Waals surface area (Å²) in [6.07, 6.45) is 3.13. The third-order valence-corrected chi connectivity index (χ3v) is 4.75. The van der Waals surface area contributed by atoms with Crippen LogP contribution in [-0.4, -0.2) is 41.9 Å². The summed E-state index contributed by atoms with van der Waals surface area (Å²) in [5, 5.41) is 2.99. The number of rotatable bonds is 7. The van der Waals surface area contributed by atoms with Crippen molar-refractivity contribution in [2.75, 3.05) is 30.1 Å². The Balaban J connectivity index is 2.76. The van der Waals surface area contributed by atoms with Crippen LogP contribution in [0.4, 0.5) is 11.4 Å². The number of nitrogens with zero attached hydrogens (tertiary/aromatic N) is 1. The van der Waals surface area contributed by atoms with Crippen LogP contribution in [0.1, 0.15) is 25.8 Å². The minimum atomic E-state index is -0.178. The van der Waals surface area contributed by atoms with Gasteiger partial charge in [0, 0.05) is 23.2 Å². The fraction of sp³-hybridized carbons (Fsp3) is 0.562. The fourth-order valence-electron chi connectivity index (χ4n) is 2.24. The highest BCUT2D eigenvalue weighted by Crippen LogP contribution is 2.21. The molecule has 0 radical (unpaired) electrons. The molecule has 1 aromatic rings. The number of nitrogens with one attached hydrogen (secondary N) is 1. The van der Waals surface area contributed by atoms with E-state index in [2.05, 4.69) is 23.4 Å². The summed E-state index contributed by atoms with van der Waals surface area (Å²) in [6, 6.07) is 5.81. The van der Waals surface area contributed by atoms with Crippen LogP contribution in [-0.2, 0) is 4.79 Å². The molecule has 0 aliphatic heterocycles. The molecule has 2 atom stereocenters. The molecule has 0 aliphatic carbocycles. The summed E-state index contributed by atoms with van der Waals surface area (Å²) < 4.78 is 0. The van der Waals surface area contributed by atoms with Crippen LogP contribution in [0.25, 0.3) is 0 Å². The monoisotopic (exact) mass is 309 g/mol. The van der Waals surface area contributed by atoms with E-state index in [1.165, 1.54) is 0 Å². The van der Waals surface area contributed by atoms with Crippen molar-refractivity contribution < 1.29 is 4.79 Å². The number of anilines is 2. The second kappa shape index (κ2) is 8.29. The average Bonchev–Trinajstić information content (AvgIpc) is 2.47. The quantitative estimate of drug-likeness (QED) is 0.760. The van der Waals surface area contributed by atoms with Gasteiger partial charge < -0.3 is 11.1 Å². The number of carbonyl (C=O) groups excluding carboxylic acids is 1. The van der Waals surface area contributed by atoms with Crippen molar-refractivity contribution in [2.24, 2.45) is 0 Å². The molecule has 0 saturated heterocycles. The lowest BCUT2D eigenvalue weighted by Gasteiger charge is -2.31. The van der Waals surface area contributed by atoms with Crippen LogP contribution in [0.15, 0.2) is 18.2 Å². The normalized spacial score (nSPS) is 14.0. The Morgan fingerprint density at radius 3 is 2.71 bits per heavy atom. The topological polar surface area (TPSA) is 58.4 Å². The highest BCUT2D eigenvalue weighted by molar-refractivity contribution is 7.98. The Bertz CT molecular complexity index is 479. The zero-order valence-electron chi connectivity index (χ0n) is 13.6. The first-order chi connectivity index (χ1) is 9.92. The molecule has 0 aliphatic rings. The van der Waals surface area contributed by atoms with Gasteiger partial charge in [0.15, 0.2) is 0 Å². The van der Waals surface area contributed by atoms with Gasteiger partial charge in [0.2, 0.25) is 5.91 Å². The van der Waals surface area contributed by atoms with Crippen molar-refractivity contribution in [3.8, 4) is 0 Å². The number of nitrogens with two attached hydrogens (primary N) is 1. The molecule has 21 heavy (non-hydrogen) atoms. The molecular weight excluding hydrogens is 282 g/mol. The SMILES string of the molecule is CCC(CSC)N(C)C(C)C(=O)Nc1cccc(N)c1C. The average molecular weight is 309 g/mol. The van der Waals surface area contributed by atoms with Gasteiger partial charge in [0.1, 0.15) is 0 Å². The summed E-state index contributed by atoms with van der Waals surface area (Å²) in [4.78, 5) is 14.6. The molecule has 5 heteroatoms. The minimum absolute atomic E-state index is 0.00533. The smallest absolute Gasteiger partial charge is 0.241 e. The van der Waals surface area contributed by atoms with Crippen LogP contribution >= 0.6 is 11.8 Å². The summed E-state index contributed by atoms with van der Waals surface area (Å²) in [5.41, 5.74) is 8.28. The highest BCUT2D eigenvalue weighted by atomic mass is 32.2. The Morgan fingerprint density at radius 1 is 1.48 bits per heavy atom. The molecule has 118 valence electrons. The lowest BCUT2D eigenvalue weighted by Crippen LogP contribution is -2.46. The van der Waals surface area contributed by atoms with E-state index < -0.39 is 0 Å². The Morgan fingerprint density at radius 2 is 2.14 bits per heavy atom. The van der Waals surface area contributed by atoms with E-state index in [-0.39, 0.29) is 11.9 Å². The zero-order chi connectivity index (χ0) is 16.0. The van der Waals surface area contributed by atoms with Gasteiger partial charge in [-0.25, -0.2) is 0 Å². The van der Waals surface area contributed by atoms with Gasteiger partial charge in [0.25, 0.3) is 0 Å². The van der Waals surface area contributed by atoms with Gasteiger partial charge in [-0.3, -0.25) is 9.69 Å². The number of hydrogen-bond donors (Lipinski definition) is 2. The van der Waals surface area contributed by atoms with Gasteiger partial charge in [0.05, 0.1) is 6.04 Å². The van der Waals surface area contributed by atoms with Crippen LogP contribution in [0, 0.1) is 6.92 Å². The van der Waals surface area contributed by atoms with Crippen LogP contribution in [0.2, 0.25) is 0 Å². The molecule has 0 spiro atoms. The highest BCUT2D eigenvalue weighted by Gasteiger charge is 2.24. The maximum absolute atomic E-state index is 12.4. The van der Waals surface area contributed by atoms with Crippen molar-refractivity contribution in [2.45, 2.75) is 39.3 Å². The number of carbonyl (C=O) groups is 1. The van der Waals surface area contributed by atoms with Crippen molar-refractivity contribution in [1.29, 1.82) is 0 Å². The van der Waals surface area contributed by atoms with Crippen molar-refractivity contribution in [1.82, 2.24) is 4.90 Å². The van der Waals surface area contributed by atoms with Gasteiger partial charge in [-0.05, 0) is 51.3 Å². The standard InChI is InChI=1S/C16H27N3OS/c1-6-13(10-21-5)19(4)12(3)16(20)18-15-9-7-8-14(17)11(15)2/h7-9,12-13H,6,10,17H2,1-5H3,(H,18,20). The third kappa shape index (κ3) is 4.64. The number of benzene rings is 1. The number of nitrogen functional groups attached to an aromatic ring is 1. The molecule has 1 aromatic carbocycles. The zero-order valence-corrected chi connectivity index (χ0v) is 14.5. The fourth-order valence-corrected chi connectivity index (χ4v) is 3.10. The second-order valence-electron chi connectivity index (χ2n) is 5.37. The number of hydrogen-bond acceptors (Lipinski definition) is 4. The molecule has 0 bridgehead atoms. The molecule has 1 rings (SSSR count). The lowest BCUT2D eigenvalue weighted by atomic mass is 10.1. The van der Waals surface area contributed by atoms with Crippen molar-refractivity contribution >= 4 is 29.0 Å². The van der Waals surface area contributed by atoms with Gasteiger partial charge >= 0.3 is 0 Å². The maximum atomic E-state index is 12.4. The Labute approximate surface area is 132 Å². The predicted octanol–water partition coefficient (Wildman–Crippen LogP) is 2.98. The van der Waals surface area contributed by atoms with Crippen molar-refractivity contribution in [3.63, 3.8) is 0 Å². The second-order valence-corrected chi connectivity index (χ2v) is 6.28. The molecule has 2 unspecified atom stereocenters. The number of thioether (sulfide) groups is 1. The summed E-state index contributed by atoms with van der Waals surface area (Å²) in [6.45, 7) is 6.02. The van der Waals surface area contributed by atoms with Gasteiger partial charge in [-0.2, -0.15) is 11.8 Å². The van der Waals surface area contributed by atoms with E-state index in [4.69, 9.17) is 5.73 Å². The van der Waals surface area contributed by atoms with Crippen LogP contribution < -0.4 is 11.1 Å². The summed E-state index contributed by atoms with van der Waals surface area (Å²) in [5.74, 6) is 1.04. The third-order valence-electron chi connectivity index (χ3n) is 4.03. The summed E-state index contributed by atoms with van der Waals surface area (Å²) >= 11 is 1.81. The molecule has 1 amide bonds. The van der Waals surface area contributed by atoms with Crippen LogP contribution in [0.5, 0.6) is 0 Å². The minimum Gasteiger partial charge on any atom is -0.398 e. The Hall–Kier alpha value is -1.20. The predicted molar refractivity (Wildman–Crippen MR) is 93.9 cm³/mol. The van der Waals surface area contributed by atoms with Crippen LogP contribution in [0.3, 0.4) is 0 Å². The molecule has 0 aromatic heterocycles. The Kier molecular flexibility index (Phi) is 7.05. The number of likely N-dealkylation sites (N-methyl/N-ethyl adjacent to an activating group) is 1. The largest absolute Gasteiger partial charge is 0.398 e. The molecule has 0 heterocycles. The molecular formula is C16H27N3OS. The molecule has 4 nitrogen and oxygen atoms in total. The lowest BCUT2D eigenvalue weighted by molar-refractivity contribution is -0.120. The van der Waals surface area contributed by atoms with E-state index in [0.29, 0.717) is 11.7 Å². The van der Waals surface area contributed by atoms with E-state index >= 15 is 0 Å². The maximum Gasteiger partial charge on any atom is 0.241 e. The van der Waals surface area contributed by atoms with E-state index in [0.717, 1.165) is 23.4 Å². The first kappa shape index (κ1) is 17.9. The molecule has 3 N–H and O–H groups in total. The van der Waals surface area contributed by atoms with Gasteiger partial charge in [-0.15, -0.1) is 0 Å². The van der Waals surface area contributed by atoms with E-state index in [9.17, 15) is 4.79 Å². The summed E-state index contributed by atoms with van der Waals surface area (Å²) in [7, 11) is 2.01. The van der Waals surface area contributed by atoms with E-state index in [1.54, 1.807) is 0 Å². The van der Waals surface area contributed by atoms with E-state index in [1.807, 2.05) is 50.9 Å². The van der Waals surface area contributed by atoms with Gasteiger partial charge in [-0.1, -0.05) is 13.0 Å².